The molecular weight excluding hydrogens is 231 g/mol. The molecule has 0 aliphatic rings. The molecule has 2 aromatic rings. The molecule has 0 radical (unpaired) electrons. The molecule has 0 saturated carbocycles. The summed E-state index contributed by atoms with van der Waals surface area (Å²) in [5.74, 6) is -0.0872. The number of benzene rings is 1. The summed E-state index contributed by atoms with van der Waals surface area (Å²) in [6.45, 7) is 1.73. The summed E-state index contributed by atoms with van der Waals surface area (Å²) in [6, 6.07) is 3.24. The van der Waals surface area contributed by atoms with Gasteiger partial charge in [0.2, 0.25) is 0 Å². The van der Waals surface area contributed by atoms with Crippen LogP contribution < -0.4 is 4.74 Å². The SMILES string of the molecule is Cc1c[nH]c2c(F)c(Cl)cc(OCC#N)c12. The van der Waals surface area contributed by atoms with E-state index in [2.05, 4.69) is 4.98 Å². The summed E-state index contributed by atoms with van der Waals surface area (Å²) >= 11 is 5.72. The standard InChI is InChI=1S/C11H8ClFN2O/c1-6-5-15-11-9(6)8(16-3-2-14)4-7(12)10(11)13/h4-5,15H,3H2,1H3. The van der Waals surface area contributed by atoms with Crippen LogP contribution >= 0.6 is 11.6 Å². The van der Waals surface area contributed by atoms with Gasteiger partial charge in [0.05, 0.1) is 10.5 Å². The molecule has 0 bridgehead atoms. The number of nitrogens with zero attached hydrogens (tertiary/aromatic N) is 1. The third kappa shape index (κ3) is 1.59. The predicted molar refractivity (Wildman–Crippen MR) is 59.1 cm³/mol. The highest BCUT2D eigenvalue weighted by Crippen LogP contribution is 2.34. The fraction of sp³-hybridized carbons (Fsp3) is 0.182. The van der Waals surface area contributed by atoms with Crippen LogP contribution in [0.5, 0.6) is 5.75 Å². The molecule has 5 heteroatoms. The number of rotatable bonds is 2. The van der Waals surface area contributed by atoms with Crippen molar-refractivity contribution in [2.75, 3.05) is 6.61 Å². The summed E-state index contributed by atoms with van der Waals surface area (Å²) in [4.78, 5) is 2.79. The normalized spacial score (nSPS) is 10.4. The zero-order valence-electron chi connectivity index (χ0n) is 8.47. The van der Waals surface area contributed by atoms with Crippen LogP contribution in [0.1, 0.15) is 5.56 Å². The molecule has 0 spiro atoms. The van der Waals surface area contributed by atoms with Gasteiger partial charge in [-0.15, -0.1) is 0 Å². The van der Waals surface area contributed by atoms with Crippen molar-refractivity contribution < 1.29 is 9.13 Å². The van der Waals surface area contributed by atoms with Crippen LogP contribution in [0.2, 0.25) is 5.02 Å². The molecule has 1 heterocycles. The minimum absolute atomic E-state index is 0.0257. The van der Waals surface area contributed by atoms with Crippen molar-refractivity contribution in [3.63, 3.8) is 0 Å². The molecule has 0 saturated heterocycles. The van der Waals surface area contributed by atoms with E-state index in [1.807, 2.05) is 13.0 Å². The Hall–Kier alpha value is -1.73. The Morgan fingerprint density at radius 1 is 1.62 bits per heavy atom. The average Bonchev–Trinajstić information content (AvgIpc) is 2.64. The Bertz CT molecular complexity index is 586. The van der Waals surface area contributed by atoms with E-state index in [0.717, 1.165) is 5.56 Å². The molecule has 0 aliphatic heterocycles. The number of aryl methyl sites for hydroxylation is 1. The Kier molecular flexibility index (Phi) is 2.71. The number of hydrogen-bond acceptors (Lipinski definition) is 2. The molecule has 1 aromatic carbocycles. The summed E-state index contributed by atoms with van der Waals surface area (Å²) in [6.07, 6.45) is 1.67. The van der Waals surface area contributed by atoms with Crippen LogP contribution in [0.4, 0.5) is 4.39 Å². The van der Waals surface area contributed by atoms with Crippen molar-refractivity contribution in [1.29, 1.82) is 5.26 Å². The van der Waals surface area contributed by atoms with E-state index in [1.165, 1.54) is 6.07 Å². The van der Waals surface area contributed by atoms with Crippen LogP contribution in [-0.2, 0) is 0 Å². The van der Waals surface area contributed by atoms with E-state index >= 15 is 0 Å². The van der Waals surface area contributed by atoms with E-state index in [9.17, 15) is 4.39 Å². The minimum atomic E-state index is -0.505. The number of aromatic amines is 1. The summed E-state index contributed by atoms with van der Waals surface area (Å²) < 4.78 is 18.8. The molecule has 1 aromatic heterocycles. The van der Waals surface area contributed by atoms with Crippen LogP contribution in [-0.4, -0.2) is 11.6 Å². The molecule has 0 atom stereocenters. The largest absolute Gasteiger partial charge is 0.478 e. The van der Waals surface area contributed by atoms with Crippen molar-refractivity contribution in [3.8, 4) is 11.8 Å². The second-order valence-corrected chi connectivity index (χ2v) is 3.75. The molecule has 0 unspecified atom stereocenters. The van der Waals surface area contributed by atoms with E-state index in [-0.39, 0.29) is 11.6 Å². The molecular formula is C11H8ClFN2O. The van der Waals surface area contributed by atoms with Gasteiger partial charge in [-0.25, -0.2) is 4.39 Å². The number of halogens is 2. The Balaban J connectivity index is 2.68. The summed E-state index contributed by atoms with van der Waals surface area (Å²) in [5, 5.41) is 9.05. The first-order chi connectivity index (χ1) is 7.65. The topological polar surface area (TPSA) is 48.8 Å². The van der Waals surface area contributed by atoms with Crippen molar-refractivity contribution in [3.05, 3.63) is 28.7 Å². The number of nitrogens with one attached hydrogen (secondary N) is 1. The maximum Gasteiger partial charge on any atom is 0.174 e. The zero-order chi connectivity index (χ0) is 11.7. The van der Waals surface area contributed by atoms with Crippen LogP contribution in [0, 0.1) is 24.1 Å². The highest BCUT2D eigenvalue weighted by atomic mass is 35.5. The number of ether oxygens (including phenoxy) is 1. The molecule has 0 fully saturated rings. The second-order valence-electron chi connectivity index (χ2n) is 3.34. The lowest BCUT2D eigenvalue weighted by Crippen LogP contribution is -1.95. The van der Waals surface area contributed by atoms with Crippen LogP contribution in [0.15, 0.2) is 12.3 Å². The number of H-pyrrole nitrogens is 1. The third-order valence-electron chi connectivity index (χ3n) is 2.30. The first-order valence-electron chi connectivity index (χ1n) is 4.60. The smallest absolute Gasteiger partial charge is 0.174 e. The van der Waals surface area contributed by atoms with Gasteiger partial charge in [-0.3, -0.25) is 0 Å². The lowest BCUT2D eigenvalue weighted by molar-refractivity contribution is 0.372. The predicted octanol–water partition coefficient (Wildman–Crippen LogP) is 3.17. The van der Waals surface area contributed by atoms with Crippen molar-refractivity contribution in [2.45, 2.75) is 6.92 Å². The van der Waals surface area contributed by atoms with E-state index < -0.39 is 5.82 Å². The molecule has 1 N–H and O–H groups in total. The second kappa shape index (κ2) is 4.03. The average molecular weight is 239 g/mol. The fourth-order valence-electron chi connectivity index (χ4n) is 1.61. The van der Waals surface area contributed by atoms with Gasteiger partial charge in [-0.2, -0.15) is 5.26 Å². The number of aromatic nitrogens is 1. The van der Waals surface area contributed by atoms with Crippen molar-refractivity contribution in [2.24, 2.45) is 0 Å². The van der Waals surface area contributed by atoms with Gasteiger partial charge >= 0.3 is 0 Å². The Morgan fingerprint density at radius 3 is 3.06 bits per heavy atom. The summed E-state index contributed by atoms with van der Waals surface area (Å²) in [5.41, 5.74) is 1.15. The minimum Gasteiger partial charge on any atom is -0.478 e. The van der Waals surface area contributed by atoms with E-state index in [4.69, 9.17) is 21.6 Å². The van der Waals surface area contributed by atoms with Gasteiger partial charge in [0.15, 0.2) is 12.4 Å². The van der Waals surface area contributed by atoms with E-state index in [1.54, 1.807) is 6.20 Å². The van der Waals surface area contributed by atoms with Crippen LogP contribution in [0.25, 0.3) is 10.9 Å². The lowest BCUT2D eigenvalue weighted by atomic mass is 10.1. The van der Waals surface area contributed by atoms with Crippen LogP contribution in [0.3, 0.4) is 0 Å². The summed E-state index contributed by atoms with van der Waals surface area (Å²) in [7, 11) is 0. The fourth-order valence-corrected chi connectivity index (χ4v) is 1.80. The van der Waals surface area contributed by atoms with Gasteiger partial charge in [0, 0.05) is 17.6 Å². The van der Waals surface area contributed by atoms with E-state index in [0.29, 0.717) is 16.7 Å². The monoisotopic (exact) mass is 238 g/mol. The molecule has 82 valence electrons. The van der Waals surface area contributed by atoms with Crippen molar-refractivity contribution >= 4 is 22.5 Å². The quantitative estimate of drug-likeness (QED) is 0.874. The van der Waals surface area contributed by atoms with Gasteiger partial charge < -0.3 is 9.72 Å². The number of fused-ring (bicyclic) bond motifs is 1. The first kappa shape index (κ1) is 10.8. The molecule has 2 rings (SSSR count). The van der Waals surface area contributed by atoms with Crippen molar-refractivity contribution in [1.82, 2.24) is 4.98 Å². The highest BCUT2D eigenvalue weighted by Gasteiger charge is 2.15. The lowest BCUT2D eigenvalue weighted by Gasteiger charge is -2.06. The number of hydrogen-bond donors (Lipinski definition) is 1. The zero-order valence-corrected chi connectivity index (χ0v) is 9.23. The molecule has 3 nitrogen and oxygen atoms in total. The first-order valence-corrected chi connectivity index (χ1v) is 4.98. The molecule has 0 amide bonds. The Morgan fingerprint density at radius 2 is 2.38 bits per heavy atom. The number of nitriles is 1. The van der Waals surface area contributed by atoms with Gasteiger partial charge in [0.25, 0.3) is 0 Å². The van der Waals surface area contributed by atoms with Gasteiger partial charge in [-0.1, -0.05) is 11.6 Å². The molecule has 16 heavy (non-hydrogen) atoms. The maximum atomic E-state index is 13.6. The molecule has 0 aliphatic carbocycles. The highest BCUT2D eigenvalue weighted by molar-refractivity contribution is 6.31. The maximum absolute atomic E-state index is 13.6. The Labute approximate surface area is 96.4 Å². The third-order valence-corrected chi connectivity index (χ3v) is 2.58. The van der Waals surface area contributed by atoms with Gasteiger partial charge in [-0.05, 0) is 12.5 Å². The van der Waals surface area contributed by atoms with Gasteiger partial charge in [0.1, 0.15) is 11.8 Å².